The van der Waals surface area contributed by atoms with Gasteiger partial charge in [-0.15, -0.1) is 12.4 Å². The van der Waals surface area contributed by atoms with Crippen LogP contribution < -0.4 is 11.1 Å². The van der Waals surface area contributed by atoms with Crippen LogP contribution in [0.5, 0.6) is 0 Å². The van der Waals surface area contributed by atoms with Gasteiger partial charge in [0.1, 0.15) is 0 Å². The molecule has 1 aliphatic rings. The second kappa shape index (κ2) is 7.84. The van der Waals surface area contributed by atoms with E-state index in [1.165, 1.54) is 0 Å². The van der Waals surface area contributed by atoms with Gasteiger partial charge in [0.2, 0.25) is 5.91 Å². The van der Waals surface area contributed by atoms with Crippen LogP contribution >= 0.6 is 24.0 Å². The van der Waals surface area contributed by atoms with Gasteiger partial charge in [0.05, 0.1) is 17.3 Å². The summed E-state index contributed by atoms with van der Waals surface area (Å²) in [5, 5.41) is 3.40. The van der Waals surface area contributed by atoms with Gasteiger partial charge in [-0.2, -0.15) is 0 Å². The first kappa shape index (κ1) is 17.2. The average molecular weight is 318 g/mol. The van der Waals surface area contributed by atoms with Crippen molar-refractivity contribution in [3.8, 4) is 0 Å². The maximum absolute atomic E-state index is 12.0. The molecule has 1 aliphatic heterocycles. The van der Waals surface area contributed by atoms with Gasteiger partial charge >= 0.3 is 0 Å². The lowest BCUT2D eigenvalue weighted by Crippen LogP contribution is -2.48. The molecule has 1 aromatic carbocycles. The van der Waals surface area contributed by atoms with Gasteiger partial charge in [0.15, 0.2) is 0 Å². The predicted molar refractivity (Wildman–Crippen MR) is 85.5 cm³/mol. The summed E-state index contributed by atoms with van der Waals surface area (Å²) in [6.07, 6.45) is 0.945. The lowest BCUT2D eigenvalue weighted by atomic mass is 9.95. The molecule has 20 heavy (non-hydrogen) atoms. The highest BCUT2D eigenvalue weighted by atomic mass is 35.5. The lowest BCUT2D eigenvalue weighted by Gasteiger charge is -2.34. The van der Waals surface area contributed by atoms with E-state index in [9.17, 15) is 4.79 Å². The molecule has 0 aromatic heterocycles. The van der Waals surface area contributed by atoms with Crippen molar-refractivity contribution < 1.29 is 4.79 Å². The number of nitrogens with two attached hydrogens (primary N) is 1. The Kier molecular flexibility index (Phi) is 6.76. The Morgan fingerprint density at radius 3 is 2.85 bits per heavy atom. The summed E-state index contributed by atoms with van der Waals surface area (Å²) in [5.74, 6) is 0.401. The highest BCUT2D eigenvalue weighted by molar-refractivity contribution is 6.33. The van der Waals surface area contributed by atoms with E-state index in [-0.39, 0.29) is 24.4 Å². The summed E-state index contributed by atoms with van der Waals surface area (Å²) in [6.45, 7) is 4.27. The number of para-hydroxylation sites is 1. The lowest BCUT2D eigenvalue weighted by molar-refractivity contribution is -0.117. The molecule has 1 aromatic rings. The van der Waals surface area contributed by atoms with Crippen molar-refractivity contribution >= 4 is 35.6 Å². The van der Waals surface area contributed by atoms with Crippen LogP contribution in [0.3, 0.4) is 0 Å². The molecular formula is C14H21Cl2N3O. The Morgan fingerprint density at radius 2 is 2.20 bits per heavy atom. The zero-order valence-electron chi connectivity index (χ0n) is 11.5. The SMILES string of the molecule is CC1CN(CC(=O)Nc2ccccc2Cl)CCC1N.Cl. The Bertz CT molecular complexity index is 456. The van der Waals surface area contributed by atoms with Crippen molar-refractivity contribution in [3.05, 3.63) is 29.3 Å². The van der Waals surface area contributed by atoms with Crippen molar-refractivity contribution in [2.75, 3.05) is 25.0 Å². The minimum absolute atomic E-state index is 0. The molecule has 1 heterocycles. The van der Waals surface area contributed by atoms with Crippen LogP contribution in [0.4, 0.5) is 5.69 Å². The zero-order valence-corrected chi connectivity index (χ0v) is 13.1. The van der Waals surface area contributed by atoms with Gasteiger partial charge in [-0.1, -0.05) is 30.7 Å². The van der Waals surface area contributed by atoms with E-state index in [0.29, 0.717) is 23.2 Å². The first-order valence-corrected chi connectivity index (χ1v) is 6.96. The van der Waals surface area contributed by atoms with E-state index in [1.807, 2.05) is 12.1 Å². The van der Waals surface area contributed by atoms with Gasteiger partial charge in [0.25, 0.3) is 0 Å². The molecule has 2 rings (SSSR count). The fourth-order valence-electron chi connectivity index (χ4n) is 2.35. The third kappa shape index (κ3) is 4.63. The van der Waals surface area contributed by atoms with E-state index >= 15 is 0 Å². The van der Waals surface area contributed by atoms with E-state index in [1.54, 1.807) is 12.1 Å². The van der Waals surface area contributed by atoms with Crippen LogP contribution in [0.25, 0.3) is 0 Å². The normalized spacial score (nSPS) is 22.9. The molecule has 1 saturated heterocycles. The molecule has 1 amide bonds. The molecule has 112 valence electrons. The Hall–Kier alpha value is -0.810. The van der Waals surface area contributed by atoms with E-state index in [4.69, 9.17) is 17.3 Å². The quantitative estimate of drug-likeness (QED) is 0.899. The number of nitrogens with zero attached hydrogens (tertiary/aromatic N) is 1. The summed E-state index contributed by atoms with van der Waals surface area (Å²) in [4.78, 5) is 14.1. The number of amides is 1. The van der Waals surface area contributed by atoms with E-state index in [0.717, 1.165) is 19.5 Å². The number of piperidine rings is 1. The van der Waals surface area contributed by atoms with Crippen molar-refractivity contribution in [1.82, 2.24) is 4.90 Å². The van der Waals surface area contributed by atoms with Crippen molar-refractivity contribution in [1.29, 1.82) is 0 Å². The highest BCUT2D eigenvalue weighted by Gasteiger charge is 2.24. The number of anilines is 1. The largest absolute Gasteiger partial charge is 0.327 e. The predicted octanol–water partition coefficient (Wildman–Crippen LogP) is 2.37. The van der Waals surface area contributed by atoms with Crippen molar-refractivity contribution in [2.24, 2.45) is 11.7 Å². The van der Waals surface area contributed by atoms with Crippen LogP contribution in [0, 0.1) is 5.92 Å². The Morgan fingerprint density at radius 1 is 1.50 bits per heavy atom. The second-order valence-electron chi connectivity index (χ2n) is 5.19. The van der Waals surface area contributed by atoms with Crippen molar-refractivity contribution in [2.45, 2.75) is 19.4 Å². The standard InChI is InChI=1S/C14H20ClN3O.ClH/c1-10-8-18(7-6-12(10)16)9-14(19)17-13-5-3-2-4-11(13)15;/h2-5,10,12H,6-9,16H2,1H3,(H,17,19);1H. The molecular weight excluding hydrogens is 297 g/mol. The highest BCUT2D eigenvalue weighted by Crippen LogP contribution is 2.20. The Labute approximate surface area is 131 Å². The number of nitrogens with one attached hydrogen (secondary N) is 1. The van der Waals surface area contributed by atoms with E-state index < -0.39 is 0 Å². The summed E-state index contributed by atoms with van der Waals surface area (Å²) in [6, 6.07) is 7.51. The zero-order chi connectivity index (χ0) is 13.8. The fraction of sp³-hybridized carbons (Fsp3) is 0.500. The third-order valence-electron chi connectivity index (χ3n) is 3.57. The van der Waals surface area contributed by atoms with Crippen LogP contribution in [0.2, 0.25) is 5.02 Å². The first-order chi connectivity index (χ1) is 9.06. The monoisotopic (exact) mass is 317 g/mol. The van der Waals surface area contributed by atoms with Gasteiger partial charge in [-0.3, -0.25) is 9.69 Å². The average Bonchev–Trinajstić information content (AvgIpc) is 2.37. The summed E-state index contributed by atoms with van der Waals surface area (Å²) >= 11 is 6.01. The van der Waals surface area contributed by atoms with Gasteiger partial charge in [-0.05, 0) is 24.5 Å². The molecule has 3 N–H and O–H groups in total. The van der Waals surface area contributed by atoms with Crippen LogP contribution in [-0.2, 0) is 4.79 Å². The number of rotatable bonds is 3. The molecule has 1 fully saturated rings. The number of hydrogen-bond donors (Lipinski definition) is 2. The second-order valence-corrected chi connectivity index (χ2v) is 5.60. The van der Waals surface area contributed by atoms with Crippen LogP contribution in [0.15, 0.2) is 24.3 Å². The number of benzene rings is 1. The van der Waals surface area contributed by atoms with Crippen LogP contribution in [0.1, 0.15) is 13.3 Å². The third-order valence-corrected chi connectivity index (χ3v) is 3.90. The molecule has 0 aliphatic carbocycles. The molecule has 0 saturated carbocycles. The molecule has 6 heteroatoms. The number of carbonyl (C=O) groups is 1. The number of carbonyl (C=O) groups excluding carboxylic acids is 1. The minimum Gasteiger partial charge on any atom is -0.327 e. The van der Waals surface area contributed by atoms with Crippen molar-refractivity contribution in [3.63, 3.8) is 0 Å². The first-order valence-electron chi connectivity index (χ1n) is 6.58. The van der Waals surface area contributed by atoms with Gasteiger partial charge in [0, 0.05) is 19.1 Å². The maximum Gasteiger partial charge on any atom is 0.238 e. The molecule has 0 radical (unpaired) electrons. The minimum atomic E-state index is -0.0317. The van der Waals surface area contributed by atoms with Gasteiger partial charge in [-0.25, -0.2) is 0 Å². The summed E-state index contributed by atoms with van der Waals surface area (Å²) in [5.41, 5.74) is 6.63. The Balaban J connectivity index is 0.00000200. The fourth-order valence-corrected chi connectivity index (χ4v) is 2.53. The molecule has 2 atom stereocenters. The maximum atomic E-state index is 12.0. The topological polar surface area (TPSA) is 58.4 Å². The van der Waals surface area contributed by atoms with E-state index in [2.05, 4.69) is 17.1 Å². The molecule has 2 unspecified atom stereocenters. The number of likely N-dealkylation sites (tertiary alicyclic amines) is 1. The van der Waals surface area contributed by atoms with Crippen LogP contribution in [-0.4, -0.2) is 36.5 Å². The molecule has 4 nitrogen and oxygen atoms in total. The smallest absolute Gasteiger partial charge is 0.238 e. The summed E-state index contributed by atoms with van der Waals surface area (Å²) in [7, 11) is 0. The molecule has 0 bridgehead atoms. The number of hydrogen-bond acceptors (Lipinski definition) is 3. The number of halogens is 2. The van der Waals surface area contributed by atoms with Gasteiger partial charge < -0.3 is 11.1 Å². The summed E-state index contributed by atoms with van der Waals surface area (Å²) < 4.78 is 0. The molecule has 0 spiro atoms.